The van der Waals surface area contributed by atoms with Crippen molar-refractivity contribution in [3.8, 4) is 22.6 Å². The van der Waals surface area contributed by atoms with E-state index in [1.165, 1.54) is 25.3 Å². The van der Waals surface area contributed by atoms with Gasteiger partial charge in [-0.25, -0.2) is 13.2 Å². The maximum Gasteiger partial charge on any atom is 0.328 e. The zero-order valence-electron chi connectivity index (χ0n) is 28.7. The Balaban J connectivity index is 1.23. The molecule has 0 unspecified atom stereocenters. The number of fused-ring (bicyclic) bond motifs is 1. The Morgan fingerprint density at radius 1 is 0.788 bits per heavy atom. The zero-order chi connectivity index (χ0) is 36.8. The molecule has 6 aromatic carbocycles. The molecule has 0 radical (unpaired) electrons. The number of rotatable bonds is 12. The first-order valence-electron chi connectivity index (χ1n) is 16.4. The van der Waals surface area contributed by atoms with Gasteiger partial charge in [0.2, 0.25) is 0 Å². The van der Waals surface area contributed by atoms with E-state index >= 15 is 0 Å². The fourth-order valence-electron chi connectivity index (χ4n) is 5.92. The van der Waals surface area contributed by atoms with Crippen LogP contribution in [0.25, 0.3) is 21.9 Å². The molecule has 0 saturated carbocycles. The number of halogens is 1. The number of nitrogens with one attached hydrogen (secondary N) is 2. The summed E-state index contributed by atoms with van der Waals surface area (Å²) in [5.74, 6) is 0.103. The Labute approximate surface area is 311 Å². The summed E-state index contributed by atoms with van der Waals surface area (Å²) >= 11 is 3.39. The van der Waals surface area contributed by atoms with E-state index in [1.807, 2.05) is 110 Å². The number of carbonyl (C=O) groups is 2. The van der Waals surface area contributed by atoms with Gasteiger partial charge >= 0.3 is 5.97 Å². The highest BCUT2D eigenvalue weighted by Gasteiger charge is 2.26. The normalized spacial score (nSPS) is 11.8. The molecular weight excluding hydrogens is 742 g/mol. The molecule has 6 rings (SSSR count). The van der Waals surface area contributed by atoms with Crippen LogP contribution in [-0.2, 0) is 26.0 Å². The predicted molar refractivity (Wildman–Crippen MR) is 209 cm³/mol. The summed E-state index contributed by atoms with van der Waals surface area (Å²) in [6.07, 6.45) is 0.125. The van der Waals surface area contributed by atoms with Crippen LogP contribution in [-0.4, -0.2) is 47.5 Å². The van der Waals surface area contributed by atoms with Gasteiger partial charge in [-0.1, -0.05) is 101 Å². The van der Waals surface area contributed by atoms with Crippen LogP contribution in [0.2, 0.25) is 0 Å². The molecule has 1 atom stereocenters. The van der Waals surface area contributed by atoms with Crippen molar-refractivity contribution >= 4 is 60.0 Å². The number of para-hydroxylation sites is 2. The van der Waals surface area contributed by atoms with E-state index in [0.717, 1.165) is 33.5 Å². The highest BCUT2D eigenvalue weighted by molar-refractivity contribution is 9.10. The Kier molecular flexibility index (Phi) is 10.9. The van der Waals surface area contributed by atoms with Crippen LogP contribution in [0.1, 0.15) is 15.9 Å². The number of esters is 1. The van der Waals surface area contributed by atoms with E-state index in [2.05, 4.69) is 26.0 Å². The van der Waals surface area contributed by atoms with Crippen molar-refractivity contribution in [1.29, 1.82) is 0 Å². The molecule has 2 N–H and O–H groups in total. The molecule has 0 aromatic heterocycles. The molecule has 1 amide bonds. The summed E-state index contributed by atoms with van der Waals surface area (Å²) in [6.45, 7) is 0. The van der Waals surface area contributed by atoms with Gasteiger partial charge in [-0.2, -0.15) is 0 Å². The summed E-state index contributed by atoms with van der Waals surface area (Å²) in [6, 6.07) is 38.9. The Hall–Kier alpha value is -5.65. The monoisotopic (exact) mass is 777 g/mol. The minimum atomic E-state index is -4.16. The van der Waals surface area contributed by atoms with Crippen molar-refractivity contribution in [3.63, 3.8) is 0 Å². The Morgan fingerprint density at radius 3 is 2.21 bits per heavy atom. The van der Waals surface area contributed by atoms with Gasteiger partial charge in [-0.15, -0.1) is 0 Å². The second kappa shape index (κ2) is 15.7. The van der Waals surface area contributed by atoms with Crippen molar-refractivity contribution < 1.29 is 27.5 Å². The van der Waals surface area contributed by atoms with Crippen molar-refractivity contribution in [2.75, 3.05) is 30.8 Å². The second-order valence-corrected chi connectivity index (χ2v) is 14.7. The van der Waals surface area contributed by atoms with Crippen LogP contribution in [0.15, 0.2) is 143 Å². The summed E-state index contributed by atoms with van der Waals surface area (Å²) in [7, 11) is 0.866. The second-order valence-electron chi connectivity index (χ2n) is 12.2. The molecule has 9 nitrogen and oxygen atoms in total. The van der Waals surface area contributed by atoms with E-state index in [-0.39, 0.29) is 22.6 Å². The minimum absolute atomic E-state index is 0.0199. The summed E-state index contributed by atoms with van der Waals surface area (Å²) < 4.78 is 42.1. The van der Waals surface area contributed by atoms with Crippen molar-refractivity contribution in [3.05, 3.63) is 149 Å². The predicted octanol–water partition coefficient (Wildman–Crippen LogP) is 8.44. The third kappa shape index (κ3) is 8.11. The number of hydrogen-bond donors (Lipinski definition) is 2. The highest BCUT2D eigenvalue weighted by atomic mass is 79.9. The molecule has 52 heavy (non-hydrogen) atoms. The molecule has 0 bridgehead atoms. The van der Waals surface area contributed by atoms with E-state index < -0.39 is 27.9 Å². The Morgan fingerprint density at radius 2 is 1.48 bits per heavy atom. The number of sulfonamides is 1. The average Bonchev–Trinajstić information content (AvgIpc) is 3.15. The number of anilines is 2. The number of ether oxygens (including phenoxy) is 2. The van der Waals surface area contributed by atoms with Gasteiger partial charge in [0.25, 0.3) is 15.9 Å². The summed E-state index contributed by atoms with van der Waals surface area (Å²) in [5.41, 5.74) is 3.50. The lowest BCUT2D eigenvalue weighted by Crippen LogP contribution is -2.43. The number of amides is 1. The largest absolute Gasteiger partial charge is 0.467 e. The first-order chi connectivity index (χ1) is 25.0. The van der Waals surface area contributed by atoms with Crippen molar-refractivity contribution in [1.82, 2.24) is 5.32 Å². The topological polar surface area (TPSA) is 114 Å². The zero-order valence-corrected chi connectivity index (χ0v) is 31.1. The third-order valence-electron chi connectivity index (χ3n) is 8.45. The molecule has 0 aliphatic rings. The molecular formula is C41H36BrN3O6S. The number of hydrogen-bond acceptors (Lipinski definition) is 7. The van der Waals surface area contributed by atoms with Crippen LogP contribution in [0.3, 0.4) is 0 Å². The lowest BCUT2D eigenvalue weighted by Gasteiger charge is -2.20. The van der Waals surface area contributed by atoms with Crippen molar-refractivity contribution in [2.24, 2.45) is 0 Å². The molecule has 0 heterocycles. The Bertz CT molecular complexity index is 2350. The SMILES string of the molecule is COC(=O)[C@H](Cc1ccc(-c2ccccc2Oc2ccccc2)cc1)NC(=O)c1cc(Br)ccc1NS(=O)(=O)c1cccc2c(N(C)C)cccc12. The molecule has 0 aliphatic heterocycles. The van der Waals surface area contributed by atoms with Gasteiger partial charge in [0.05, 0.1) is 23.3 Å². The molecule has 11 heteroatoms. The van der Waals surface area contributed by atoms with E-state index in [0.29, 0.717) is 15.6 Å². The fraction of sp³-hybridized carbons (Fsp3) is 0.122. The van der Waals surface area contributed by atoms with Gasteiger partial charge in [0.1, 0.15) is 17.5 Å². The maximum absolute atomic E-state index is 13.9. The fourth-order valence-corrected chi connectivity index (χ4v) is 7.58. The van der Waals surface area contributed by atoms with Gasteiger partial charge in [0.15, 0.2) is 0 Å². The molecule has 0 fully saturated rings. The van der Waals surface area contributed by atoms with Gasteiger partial charge < -0.3 is 19.7 Å². The molecule has 6 aromatic rings. The lowest BCUT2D eigenvalue weighted by molar-refractivity contribution is -0.142. The van der Waals surface area contributed by atoms with Crippen LogP contribution in [0, 0.1) is 0 Å². The van der Waals surface area contributed by atoms with Crippen LogP contribution < -0.4 is 19.7 Å². The smallest absolute Gasteiger partial charge is 0.328 e. The maximum atomic E-state index is 13.9. The summed E-state index contributed by atoms with van der Waals surface area (Å²) in [5, 5.41) is 4.07. The quantitative estimate of drug-likeness (QED) is 0.120. The highest BCUT2D eigenvalue weighted by Crippen LogP contribution is 2.34. The average molecular weight is 779 g/mol. The van der Waals surface area contributed by atoms with Gasteiger partial charge in [-0.3, -0.25) is 9.52 Å². The summed E-state index contributed by atoms with van der Waals surface area (Å²) in [4.78, 5) is 28.8. The van der Waals surface area contributed by atoms with E-state index in [9.17, 15) is 18.0 Å². The molecule has 0 spiro atoms. The molecule has 264 valence electrons. The first kappa shape index (κ1) is 36.2. The standard InChI is InChI=1S/C41H36BrN3O6S/c1-45(2)37-16-9-15-33-32(37)14-10-18-39(33)52(48,49)44-35-24-23-29(42)26-34(35)40(46)43-36(41(47)50-3)25-27-19-21-28(22-20-27)31-13-7-8-17-38(31)51-30-11-5-4-6-12-30/h4-24,26,36,44H,25H2,1-3H3,(H,43,46)/t36-/m0/s1. The lowest BCUT2D eigenvalue weighted by atomic mass is 9.99. The van der Waals surface area contributed by atoms with Gasteiger partial charge in [0, 0.05) is 47.0 Å². The van der Waals surface area contributed by atoms with Crippen LogP contribution in [0.4, 0.5) is 11.4 Å². The number of benzene rings is 6. The van der Waals surface area contributed by atoms with Crippen molar-refractivity contribution in [2.45, 2.75) is 17.4 Å². The number of nitrogens with zero attached hydrogens (tertiary/aromatic N) is 1. The van der Waals surface area contributed by atoms with Crippen LogP contribution in [0.5, 0.6) is 11.5 Å². The number of methoxy groups -OCH3 is 1. The molecule has 0 aliphatic carbocycles. The minimum Gasteiger partial charge on any atom is -0.467 e. The van der Waals surface area contributed by atoms with Crippen LogP contribution >= 0.6 is 15.9 Å². The number of carbonyl (C=O) groups excluding carboxylic acids is 2. The first-order valence-corrected chi connectivity index (χ1v) is 18.6. The third-order valence-corrected chi connectivity index (χ3v) is 10.4. The molecule has 0 saturated heterocycles. The van der Waals surface area contributed by atoms with E-state index in [4.69, 9.17) is 9.47 Å². The van der Waals surface area contributed by atoms with Gasteiger partial charge in [-0.05, 0) is 59.7 Å². The van der Waals surface area contributed by atoms with E-state index in [1.54, 1.807) is 24.3 Å².